The number of nitrogens with one attached hydrogen (secondary N) is 1. The van der Waals surface area contributed by atoms with E-state index in [0.717, 1.165) is 45.5 Å². The Labute approximate surface area is 116 Å². The topological polar surface area (TPSA) is 50.8 Å². The van der Waals surface area contributed by atoms with Gasteiger partial charge in [0.25, 0.3) is 0 Å². The molecule has 5 heteroatoms. The molecule has 1 rings (SSSR count). The molecule has 0 aliphatic carbocycles. The van der Waals surface area contributed by atoms with Crippen molar-refractivity contribution >= 4 is 6.09 Å². The van der Waals surface area contributed by atoms with Gasteiger partial charge in [-0.1, -0.05) is 0 Å². The third-order valence-electron chi connectivity index (χ3n) is 3.23. The zero-order chi connectivity index (χ0) is 14.1. The Balaban J connectivity index is 2.05. The second-order valence-electron chi connectivity index (χ2n) is 5.19. The van der Waals surface area contributed by atoms with E-state index in [9.17, 15) is 4.79 Å². The van der Waals surface area contributed by atoms with E-state index >= 15 is 0 Å². The van der Waals surface area contributed by atoms with Crippen molar-refractivity contribution in [1.29, 1.82) is 0 Å². The Morgan fingerprint density at radius 2 is 2.05 bits per heavy atom. The van der Waals surface area contributed by atoms with Crippen molar-refractivity contribution in [1.82, 2.24) is 10.2 Å². The monoisotopic (exact) mass is 272 g/mol. The molecule has 0 spiro atoms. The Hall–Kier alpha value is -0.810. The summed E-state index contributed by atoms with van der Waals surface area (Å²) in [5.41, 5.74) is 0. The molecule has 0 aromatic carbocycles. The number of ether oxygens (including phenoxy) is 2. The third-order valence-corrected chi connectivity index (χ3v) is 3.23. The first-order valence-electron chi connectivity index (χ1n) is 7.40. The minimum Gasteiger partial charge on any atom is -0.450 e. The summed E-state index contributed by atoms with van der Waals surface area (Å²) in [5.74, 6) is 0. The third kappa shape index (κ3) is 6.78. The van der Waals surface area contributed by atoms with E-state index in [1.54, 1.807) is 4.90 Å². The average molecular weight is 272 g/mol. The van der Waals surface area contributed by atoms with Gasteiger partial charge in [-0.3, -0.25) is 0 Å². The second-order valence-corrected chi connectivity index (χ2v) is 5.19. The van der Waals surface area contributed by atoms with Gasteiger partial charge in [-0.2, -0.15) is 0 Å². The maximum Gasteiger partial charge on any atom is 0.409 e. The smallest absolute Gasteiger partial charge is 0.409 e. The van der Waals surface area contributed by atoms with Gasteiger partial charge in [0.2, 0.25) is 0 Å². The molecule has 1 saturated heterocycles. The van der Waals surface area contributed by atoms with E-state index in [-0.39, 0.29) is 6.09 Å². The molecule has 0 unspecified atom stereocenters. The van der Waals surface area contributed by atoms with Crippen molar-refractivity contribution in [3.8, 4) is 0 Å². The quantitative estimate of drug-likeness (QED) is 0.720. The minimum absolute atomic E-state index is 0.175. The van der Waals surface area contributed by atoms with Crippen LogP contribution in [-0.4, -0.2) is 56.0 Å². The number of rotatable bonds is 7. The number of likely N-dealkylation sites (tertiary alicyclic amines) is 1. The first-order valence-corrected chi connectivity index (χ1v) is 7.40. The lowest BCUT2D eigenvalue weighted by Gasteiger charge is -2.31. The lowest BCUT2D eigenvalue weighted by atomic mass is 10.1. The maximum absolute atomic E-state index is 11.5. The number of nitrogens with zero attached hydrogens (tertiary/aromatic N) is 1. The molecule has 0 bridgehead atoms. The first kappa shape index (κ1) is 16.2. The summed E-state index contributed by atoms with van der Waals surface area (Å²) >= 11 is 0. The number of carbonyl (C=O) groups is 1. The van der Waals surface area contributed by atoms with Crippen molar-refractivity contribution in [2.45, 2.75) is 52.2 Å². The van der Waals surface area contributed by atoms with Crippen molar-refractivity contribution < 1.29 is 14.3 Å². The van der Waals surface area contributed by atoms with Gasteiger partial charge < -0.3 is 19.7 Å². The molecule has 112 valence electrons. The van der Waals surface area contributed by atoms with Gasteiger partial charge >= 0.3 is 6.09 Å². The van der Waals surface area contributed by atoms with Crippen molar-refractivity contribution in [3.63, 3.8) is 0 Å². The molecular formula is C14H28N2O3. The number of piperidine rings is 1. The molecule has 0 atom stereocenters. The predicted octanol–water partition coefficient (Wildman–Crippen LogP) is 2.01. The average Bonchev–Trinajstić information content (AvgIpc) is 2.39. The van der Waals surface area contributed by atoms with E-state index in [2.05, 4.69) is 19.2 Å². The number of hydrogen-bond donors (Lipinski definition) is 1. The summed E-state index contributed by atoms with van der Waals surface area (Å²) in [7, 11) is 0. The van der Waals surface area contributed by atoms with Crippen LogP contribution in [0.15, 0.2) is 0 Å². The molecule has 0 radical (unpaired) electrons. The zero-order valence-electron chi connectivity index (χ0n) is 12.5. The fourth-order valence-corrected chi connectivity index (χ4v) is 2.18. The van der Waals surface area contributed by atoms with Crippen molar-refractivity contribution in [2.24, 2.45) is 0 Å². The van der Waals surface area contributed by atoms with E-state index < -0.39 is 0 Å². The van der Waals surface area contributed by atoms with Crippen molar-refractivity contribution in [2.75, 3.05) is 32.8 Å². The van der Waals surface area contributed by atoms with Crippen LogP contribution in [-0.2, 0) is 9.47 Å². The van der Waals surface area contributed by atoms with Gasteiger partial charge in [0, 0.05) is 25.7 Å². The molecule has 19 heavy (non-hydrogen) atoms. The van der Waals surface area contributed by atoms with Gasteiger partial charge in [0.15, 0.2) is 0 Å². The standard InChI is InChI=1S/C14H28N2O3/c1-4-18-14(17)16-9-6-13(7-10-16)15-8-5-11-19-12(2)3/h12-13,15H,4-11H2,1-3H3. The van der Waals surface area contributed by atoms with Crippen LogP contribution < -0.4 is 5.32 Å². The summed E-state index contributed by atoms with van der Waals surface area (Å²) in [4.78, 5) is 13.3. The highest BCUT2D eigenvalue weighted by Crippen LogP contribution is 2.11. The number of hydrogen-bond acceptors (Lipinski definition) is 4. The SMILES string of the molecule is CCOC(=O)N1CCC(NCCCOC(C)C)CC1. The number of amides is 1. The normalized spacial score (nSPS) is 16.9. The highest BCUT2D eigenvalue weighted by molar-refractivity contribution is 5.67. The number of carbonyl (C=O) groups excluding carboxylic acids is 1. The van der Waals surface area contributed by atoms with Crippen LogP contribution in [0, 0.1) is 0 Å². The van der Waals surface area contributed by atoms with Gasteiger partial charge in [-0.15, -0.1) is 0 Å². The molecular weight excluding hydrogens is 244 g/mol. The molecule has 1 heterocycles. The summed E-state index contributed by atoms with van der Waals surface area (Å²) in [6.07, 6.45) is 3.18. The molecule has 1 amide bonds. The molecule has 1 aliphatic rings. The second kappa shape index (κ2) is 9.15. The van der Waals surface area contributed by atoms with Crippen molar-refractivity contribution in [3.05, 3.63) is 0 Å². The Morgan fingerprint density at radius 1 is 1.37 bits per heavy atom. The Bertz CT molecular complexity index is 251. The lowest BCUT2D eigenvalue weighted by molar-refractivity contribution is 0.0755. The summed E-state index contributed by atoms with van der Waals surface area (Å²) in [6, 6.07) is 0.518. The molecule has 1 N–H and O–H groups in total. The highest BCUT2D eigenvalue weighted by Gasteiger charge is 2.22. The first-order chi connectivity index (χ1) is 9.13. The molecule has 0 aromatic rings. The molecule has 5 nitrogen and oxygen atoms in total. The van der Waals surface area contributed by atoms with E-state index in [1.165, 1.54) is 0 Å². The predicted molar refractivity (Wildman–Crippen MR) is 75.3 cm³/mol. The van der Waals surface area contributed by atoms with Gasteiger partial charge in [0.05, 0.1) is 12.7 Å². The maximum atomic E-state index is 11.5. The molecule has 0 saturated carbocycles. The highest BCUT2D eigenvalue weighted by atomic mass is 16.6. The van der Waals surface area contributed by atoms with E-state index in [4.69, 9.17) is 9.47 Å². The van der Waals surface area contributed by atoms with Gasteiger partial charge in [-0.25, -0.2) is 4.79 Å². The van der Waals surface area contributed by atoms with Crippen LogP contribution in [0.1, 0.15) is 40.0 Å². The van der Waals surface area contributed by atoms with Crippen LogP contribution in [0.25, 0.3) is 0 Å². The summed E-state index contributed by atoms with van der Waals surface area (Å²) in [6.45, 7) is 9.77. The van der Waals surface area contributed by atoms with Crippen LogP contribution >= 0.6 is 0 Å². The van der Waals surface area contributed by atoms with Crippen LogP contribution in [0.3, 0.4) is 0 Å². The Morgan fingerprint density at radius 3 is 2.63 bits per heavy atom. The summed E-state index contributed by atoms with van der Waals surface area (Å²) in [5, 5.41) is 3.53. The molecule has 1 fully saturated rings. The molecule has 0 aromatic heterocycles. The summed E-state index contributed by atoms with van der Waals surface area (Å²) < 4.78 is 10.5. The zero-order valence-corrected chi connectivity index (χ0v) is 12.5. The van der Waals surface area contributed by atoms with E-state index in [1.807, 2.05) is 6.92 Å². The van der Waals surface area contributed by atoms with Crippen LogP contribution in [0.2, 0.25) is 0 Å². The van der Waals surface area contributed by atoms with Crippen LogP contribution in [0.4, 0.5) is 4.79 Å². The van der Waals surface area contributed by atoms with Gasteiger partial charge in [-0.05, 0) is 46.6 Å². The largest absolute Gasteiger partial charge is 0.450 e. The van der Waals surface area contributed by atoms with Crippen LogP contribution in [0.5, 0.6) is 0 Å². The fourth-order valence-electron chi connectivity index (χ4n) is 2.18. The lowest BCUT2D eigenvalue weighted by Crippen LogP contribution is -2.45. The van der Waals surface area contributed by atoms with E-state index in [0.29, 0.717) is 18.8 Å². The fraction of sp³-hybridized carbons (Fsp3) is 0.929. The Kier molecular flexibility index (Phi) is 7.82. The minimum atomic E-state index is -0.175. The van der Waals surface area contributed by atoms with Gasteiger partial charge in [0.1, 0.15) is 0 Å². The molecule has 1 aliphatic heterocycles.